The van der Waals surface area contributed by atoms with E-state index in [0.717, 1.165) is 17.1 Å². The van der Waals surface area contributed by atoms with E-state index in [0.29, 0.717) is 25.5 Å². The van der Waals surface area contributed by atoms with Crippen LogP contribution in [0.4, 0.5) is 22.0 Å². The monoisotopic (exact) mass is 420 g/mol. The zero-order chi connectivity index (χ0) is 21.3. The van der Waals surface area contributed by atoms with Gasteiger partial charge < -0.3 is 24.4 Å². The standard InChI is InChI=1S/C20H29ClN6O2/c1-13-9-15(12-25(13)6)23-17-16(10-22-18(21)24-17)26-7-8-27(14(2)11-26)19(28)29-20(3,4)5/h9-10,12,14H,7-8,11H2,1-6H3,(H,22,23,24)/t14-/m1/s1. The zero-order valence-electron chi connectivity index (χ0n) is 17.9. The molecular weight excluding hydrogens is 392 g/mol. The molecule has 1 aliphatic heterocycles. The number of carbonyl (C=O) groups is 1. The molecule has 0 aromatic carbocycles. The summed E-state index contributed by atoms with van der Waals surface area (Å²) in [7, 11) is 1.99. The van der Waals surface area contributed by atoms with Gasteiger partial charge in [0.2, 0.25) is 5.28 Å². The zero-order valence-corrected chi connectivity index (χ0v) is 18.6. The maximum absolute atomic E-state index is 12.5. The molecule has 0 unspecified atom stereocenters. The van der Waals surface area contributed by atoms with Crippen LogP contribution < -0.4 is 10.2 Å². The Morgan fingerprint density at radius 3 is 2.66 bits per heavy atom. The summed E-state index contributed by atoms with van der Waals surface area (Å²) in [6.07, 6.45) is 3.44. The third-order valence-corrected chi connectivity index (χ3v) is 5.03. The molecule has 1 saturated heterocycles. The van der Waals surface area contributed by atoms with Gasteiger partial charge in [-0.15, -0.1) is 0 Å². The molecule has 1 fully saturated rings. The molecule has 0 bridgehead atoms. The van der Waals surface area contributed by atoms with Gasteiger partial charge in [-0.3, -0.25) is 0 Å². The average Bonchev–Trinajstić information content (AvgIpc) is 2.90. The van der Waals surface area contributed by atoms with E-state index < -0.39 is 5.60 Å². The predicted octanol–water partition coefficient (Wildman–Crippen LogP) is 3.97. The summed E-state index contributed by atoms with van der Waals surface area (Å²) in [5, 5.41) is 3.53. The van der Waals surface area contributed by atoms with E-state index in [-0.39, 0.29) is 17.4 Å². The third-order valence-electron chi connectivity index (χ3n) is 4.85. The first-order valence-electron chi connectivity index (χ1n) is 9.70. The van der Waals surface area contributed by atoms with Gasteiger partial charge in [-0.1, -0.05) is 0 Å². The fourth-order valence-corrected chi connectivity index (χ4v) is 3.46. The molecular formula is C20H29ClN6O2. The molecule has 2 aromatic heterocycles. The molecule has 0 spiro atoms. The van der Waals surface area contributed by atoms with Crippen LogP contribution in [-0.4, -0.2) is 56.8 Å². The van der Waals surface area contributed by atoms with Gasteiger partial charge in [0, 0.05) is 44.6 Å². The van der Waals surface area contributed by atoms with E-state index in [9.17, 15) is 4.79 Å². The summed E-state index contributed by atoms with van der Waals surface area (Å²) in [5.74, 6) is 0.647. The molecule has 1 aliphatic rings. The quantitative estimate of drug-likeness (QED) is 0.757. The highest BCUT2D eigenvalue weighted by atomic mass is 35.5. The predicted molar refractivity (Wildman–Crippen MR) is 115 cm³/mol. The van der Waals surface area contributed by atoms with Crippen molar-refractivity contribution in [2.45, 2.75) is 46.3 Å². The lowest BCUT2D eigenvalue weighted by Gasteiger charge is -2.41. The molecule has 1 N–H and O–H groups in total. The fourth-order valence-electron chi connectivity index (χ4n) is 3.33. The molecule has 1 atom stereocenters. The molecule has 0 saturated carbocycles. The Hall–Kier alpha value is -2.48. The fraction of sp³-hybridized carbons (Fsp3) is 0.550. The first kappa shape index (κ1) is 21.2. The van der Waals surface area contributed by atoms with Crippen LogP contribution in [0.25, 0.3) is 0 Å². The minimum absolute atomic E-state index is 0.0129. The highest BCUT2D eigenvalue weighted by molar-refractivity contribution is 6.28. The number of hydrogen-bond acceptors (Lipinski definition) is 6. The molecule has 0 aliphatic carbocycles. The van der Waals surface area contributed by atoms with E-state index in [1.165, 1.54) is 0 Å². The van der Waals surface area contributed by atoms with Crippen molar-refractivity contribution in [2.24, 2.45) is 7.05 Å². The number of piperazine rings is 1. The highest BCUT2D eigenvalue weighted by Crippen LogP contribution is 2.30. The minimum atomic E-state index is -0.511. The van der Waals surface area contributed by atoms with E-state index in [1.54, 1.807) is 11.1 Å². The lowest BCUT2D eigenvalue weighted by atomic mass is 10.1. The topological polar surface area (TPSA) is 75.5 Å². The van der Waals surface area contributed by atoms with Crippen molar-refractivity contribution in [2.75, 3.05) is 29.9 Å². The smallest absolute Gasteiger partial charge is 0.410 e. The number of aromatic nitrogens is 3. The van der Waals surface area contributed by atoms with Gasteiger partial charge in [-0.25, -0.2) is 9.78 Å². The minimum Gasteiger partial charge on any atom is -0.444 e. The molecule has 158 valence electrons. The van der Waals surface area contributed by atoms with Gasteiger partial charge >= 0.3 is 6.09 Å². The number of carbonyl (C=O) groups excluding carboxylic acids is 1. The van der Waals surface area contributed by atoms with E-state index in [4.69, 9.17) is 16.3 Å². The normalized spacial score (nSPS) is 17.4. The van der Waals surface area contributed by atoms with Gasteiger partial charge in [0.1, 0.15) is 5.60 Å². The van der Waals surface area contributed by atoms with Crippen molar-refractivity contribution >= 4 is 34.9 Å². The second-order valence-electron chi connectivity index (χ2n) is 8.45. The number of ether oxygens (including phenoxy) is 1. The van der Waals surface area contributed by atoms with Crippen molar-refractivity contribution in [3.63, 3.8) is 0 Å². The average molecular weight is 421 g/mol. The lowest BCUT2D eigenvalue weighted by molar-refractivity contribution is 0.0159. The van der Waals surface area contributed by atoms with Crippen LogP contribution in [0.3, 0.4) is 0 Å². The number of nitrogens with zero attached hydrogens (tertiary/aromatic N) is 5. The molecule has 9 heteroatoms. The summed E-state index contributed by atoms with van der Waals surface area (Å²) in [6.45, 7) is 11.5. The molecule has 3 heterocycles. The summed E-state index contributed by atoms with van der Waals surface area (Å²) >= 11 is 6.06. The van der Waals surface area contributed by atoms with E-state index >= 15 is 0 Å². The second kappa shape index (κ2) is 8.10. The molecule has 2 aromatic rings. The maximum Gasteiger partial charge on any atom is 0.410 e. The highest BCUT2D eigenvalue weighted by Gasteiger charge is 2.32. The van der Waals surface area contributed by atoms with Crippen LogP contribution in [-0.2, 0) is 11.8 Å². The maximum atomic E-state index is 12.5. The van der Waals surface area contributed by atoms with Crippen molar-refractivity contribution in [1.82, 2.24) is 19.4 Å². The Labute approximate surface area is 176 Å². The van der Waals surface area contributed by atoms with Crippen molar-refractivity contribution in [1.29, 1.82) is 0 Å². The number of aryl methyl sites for hydroxylation is 2. The number of rotatable bonds is 3. The first-order chi connectivity index (χ1) is 13.5. The SMILES string of the molecule is Cc1cc(Nc2nc(Cl)ncc2N2CCN(C(=O)OC(C)(C)C)[C@H](C)C2)cn1C. The van der Waals surface area contributed by atoms with E-state index in [1.807, 2.05) is 58.5 Å². The van der Waals surface area contributed by atoms with Crippen LogP contribution in [0.2, 0.25) is 5.28 Å². The van der Waals surface area contributed by atoms with Gasteiger partial charge in [0.25, 0.3) is 0 Å². The van der Waals surface area contributed by atoms with Crippen LogP contribution >= 0.6 is 11.6 Å². The third kappa shape index (κ3) is 5.12. The lowest BCUT2D eigenvalue weighted by Crippen LogP contribution is -2.55. The number of halogens is 1. The van der Waals surface area contributed by atoms with Crippen LogP contribution in [0.5, 0.6) is 0 Å². The summed E-state index contributed by atoms with van der Waals surface area (Å²) in [6, 6.07) is 2.03. The summed E-state index contributed by atoms with van der Waals surface area (Å²) in [5.41, 5.74) is 2.41. The molecule has 1 amide bonds. The second-order valence-corrected chi connectivity index (χ2v) is 8.79. The number of anilines is 3. The van der Waals surface area contributed by atoms with E-state index in [2.05, 4.69) is 20.2 Å². The molecule has 0 radical (unpaired) electrons. The van der Waals surface area contributed by atoms with Crippen molar-refractivity contribution < 1.29 is 9.53 Å². The Bertz CT molecular complexity index is 872. The summed E-state index contributed by atoms with van der Waals surface area (Å²) < 4.78 is 7.57. The van der Waals surface area contributed by atoms with Gasteiger partial charge in [-0.2, -0.15) is 4.98 Å². The Kier molecular flexibility index (Phi) is 5.93. The largest absolute Gasteiger partial charge is 0.444 e. The Balaban J connectivity index is 1.77. The van der Waals surface area contributed by atoms with Crippen LogP contribution in [0, 0.1) is 6.92 Å². The van der Waals surface area contributed by atoms with Crippen molar-refractivity contribution in [3.8, 4) is 0 Å². The summed E-state index contributed by atoms with van der Waals surface area (Å²) in [4.78, 5) is 25.0. The van der Waals surface area contributed by atoms with Crippen LogP contribution in [0.1, 0.15) is 33.4 Å². The number of nitrogens with one attached hydrogen (secondary N) is 1. The Morgan fingerprint density at radius 1 is 1.34 bits per heavy atom. The molecule has 3 rings (SSSR count). The van der Waals surface area contributed by atoms with Gasteiger partial charge in [0.05, 0.1) is 17.6 Å². The van der Waals surface area contributed by atoms with Gasteiger partial charge in [-0.05, 0) is 52.3 Å². The molecule has 8 nitrogen and oxygen atoms in total. The van der Waals surface area contributed by atoms with Gasteiger partial charge in [0.15, 0.2) is 5.82 Å². The molecule has 29 heavy (non-hydrogen) atoms. The van der Waals surface area contributed by atoms with Crippen molar-refractivity contribution in [3.05, 3.63) is 29.4 Å². The Morgan fingerprint density at radius 2 is 2.07 bits per heavy atom. The van der Waals surface area contributed by atoms with Crippen LogP contribution in [0.15, 0.2) is 18.5 Å². The number of hydrogen-bond donors (Lipinski definition) is 1. The first-order valence-corrected chi connectivity index (χ1v) is 10.1. The number of amides is 1.